The highest BCUT2D eigenvalue weighted by molar-refractivity contribution is 7.99. The second kappa shape index (κ2) is 4.78. The average molecular weight is 251 g/mol. The van der Waals surface area contributed by atoms with Crippen molar-refractivity contribution in [2.24, 2.45) is 5.10 Å². The van der Waals surface area contributed by atoms with Crippen molar-refractivity contribution in [1.82, 2.24) is 19.8 Å². The summed E-state index contributed by atoms with van der Waals surface area (Å²) in [7, 11) is 0. The van der Waals surface area contributed by atoms with E-state index in [1.54, 1.807) is 11.8 Å². The van der Waals surface area contributed by atoms with Gasteiger partial charge in [-0.05, 0) is 32.9 Å². The highest BCUT2D eigenvalue weighted by Crippen LogP contribution is 2.22. The van der Waals surface area contributed by atoms with E-state index in [2.05, 4.69) is 27.1 Å². The smallest absolute Gasteiger partial charge is 0.212 e. The highest BCUT2D eigenvalue weighted by atomic mass is 32.2. The van der Waals surface area contributed by atoms with Crippen molar-refractivity contribution in [1.29, 1.82) is 0 Å². The van der Waals surface area contributed by atoms with Gasteiger partial charge < -0.3 is 0 Å². The van der Waals surface area contributed by atoms with Crippen LogP contribution in [0.5, 0.6) is 0 Å². The molecule has 92 valence electrons. The first kappa shape index (κ1) is 11.2. The monoisotopic (exact) mass is 251 g/mol. The number of rotatable bonds is 2. The minimum absolute atomic E-state index is 0.879. The normalized spacial score (nSPS) is 21.1. The van der Waals surface area contributed by atoms with E-state index >= 15 is 0 Å². The predicted octanol–water partition coefficient (Wildman–Crippen LogP) is 1.59. The first-order chi connectivity index (χ1) is 8.33. The molecule has 0 bridgehead atoms. The first-order valence-corrected chi connectivity index (χ1v) is 7.15. The summed E-state index contributed by atoms with van der Waals surface area (Å²) in [6, 6.07) is 0. The number of fused-ring (bicyclic) bond motifs is 1. The van der Waals surface area contributed by atoms with E-state index in [0.29, 0.717) is 0 Å². The van der Waals surface area contributed by atoms with Crippen LogP contribution in [0.2, 0.25) is 0 Å². The van der Waals surface area contributed by atoms with Gasteiger partial charge in [-0.2, -0.15) is 9.78 Å². The fourth-order valence-corrected chi connectivity index (χ4v) is 3.03. The Hall–Kier alpha value is -0.880. The zero-order valence-corrected chi connectivity index (χ0v) is 10.9. The number of piperidine rings is 1. The van der Waals surface area contributed by atoms with E-state index in [1.807, 2.05) is 4.68 Å². The van der Waals surface area contributed by atoms with Crippen LogP contribution in [0, 0.1) is 0 Å². The summed E-state index contributed by atoms with van der Waals surface area (Å²) in [5.74, 6) is 1.91. The Labute approximate surface area is 105 Å². The minimum Gasteiger partial charge on any atom is -0.296 e. The topological polar surface area (TPSA) is 46.3 Å². The van der Waals surface area contributed by atoms with Crippen LogP contribution >= 0.6 is 11.8 Å². The summed E-state index contributed by atoms with van der Waals surface area (Å²) in [6.07, 6.45) is 3.97. The van der Waals surface area contributed by atoms with Crippen LogP contribution in [0.15, 0.2) is 10.3 Å². The van der Waals surface area contributed by atoms with Crippen LogP contribution < -0.4 is 0 Å². The lowest BCUT2D eigenvalue weighted by Crippen LogP contribution is -2.30. The second-order valence-electron chi connectivity index (χ2n) is 4.67. The van der Waals surface area contributed by atoms with Gasteiger partial charge in [0.2, 0.25) is 5.16 Å². The Morgan fingerprint density at radius 2 is 2.00 bits per heavy atom. The van der Waals surface area contributed by atoms with Crippen LogP contribution in [0.4, 0.5) is 0 Å². The Kier molecular flexibility index (Phi) is 3.15. The van der Waals surface area contributed by atoms with Crippen molar-refractivity contribution in [3.05, 3.63) is 5.82 Å². The van der Waals surface area contributed by atoms with Gasteiger partial charge in [0, 0.05) is 11.5 Å². The molecule has 2 aliphatic rings. The third-order valence-corrected chi connectivity index (χ3v) is 4.25. The number of thioether (sulfide) groups is 1. The maximum absolute atomic E-state index is 4.53. The van der Waals surface area contributed by atoms with E-state index in [4.69, 9.17) is 0 Å². The van der Waals surface area contributed by atoms with Crippen molar-refractivity contribution in [3.8, 4) is 0 Å². The van der Waals surface area contributed by atoms with Crippen molar-refractivity contribution in [3.63, 3.8) is 0 Å². The molecule has 3 rings (SSSR count). The molecule has 2 aliphatic heterocycles. The average Bonchev–Trinajstić information content (AvgIpc) is 2.73. The minimum atomic E-state index is 0.879. The molecule has 0 aromatic carbocycles. The Morgan fingerprint density at radius 1 is 1.18 bits per heavy atom. The number of hydrogen-bond acceptors (Lipinski definition) is 5. The molecule has 17 heavy (non-hydrogen) atoms. The molecule has 0 unspecified atom stereocenters. The lowest BCUT2D eigenvalue weighted by molar-refractivity contribution is 0.213. The predicted molar refractivity (Wildman–Crippen MR) is 68.4 cm³/mol. The maximum Gasteiger partial charge on any atom is 0.212 e. The Balaban J connectivity index is 1.78. The Morgan fingerprint density at radius 3 is 2.82 bits per heavy atom. The maximum atomic E-state index is 4.53. The van der Waals surface area contributed by atoms with E-state index in [1.165, 1.54) is 32.4 Å². The van der Waals surface area contributed by atoms with Gasteiger partial charge in [0.05, 0.1) is 6.54 Å². The first-order valence-electron chi connectivity index (χ1n) is 6.17. The molecule has 3 heterocycles. The van der Waals surface area contributed by atoms with Gasteiger partial charge in [-0.25, -0.2) is 0 Å². The van der Waals surface area contributed by atoms with Crippen molar-refractivity contribution in [2.75, 3.05) is 18.8 Å². The number of hydrogen-bond donors (Lipinski definition) is 0. The van der Waals surface area contributed by atoms with Crippen molar-refractivity contribution in [2.45, 2.75) is 37.9 Å². The van der Waals surface area contributed by atoms with Crippen LogP contribution in [-0.4, -0.2) is 44.3 Å². The van der Waals surface area contributed by atoms with Gasteiger partial charge >= 0.3 is 0 Å². The summed E-state index contributed by atoms with van der Waals surface area (Å²) >= 11 is 1.72. The van der Waals surface area contributed by atoms with Crippen molar-refractivity contribution >= 4 is 17.5 Å². The molecule has 1 aromatic heterocycles. The number of likely N-dealkylation sites (tertiary alicyclic amines) is 1. The molecule has 1 aromatic rings. The Bertz CT molecular complexity index is 433. The zero-order valence-electron chi connectivity index (χ0n) is 10.1. The largest absolute Gasteiger partial charge is 0.296 e. The molecule has 1 saturated heterocycles. The molecule has 5 nitrogen and oxygen atoms in total. The molecular formula is C11H17N5S. The van der Waals surface area contributed by atoms with Crippen LogP contribution in [-0.2, 0) is 6.54 Å². The molecule has 0 aliphatic carbocycles. The molecular weight excluding hydrogens is 234 g/mol. The third-order valence-electron chi connectivity index (χ3n) is 3.17. The fraction of sp³-hybridized carbons (Fsp3) is 0.727. The van der Waals surface area contributed by atoms with E-state index < -0.39 is 0 Å². The summed E-state index contributed by atoms with van der Waals surface area (Å²) in [4.78, 5) is 2.45. The quantitative estimate of drug-likeness (QED) is 0.801. The molecule has 0 saturated carbocycles. The zero-order chi connectivity index (χ0) is 11.7. The highest BCUT2D eigenvalue weighted by Gasteiger charge is 2.19. The standard InChI is InChI=1S/C11H17N5S/c1-9-8-17-11-13-12-10(16(11)14-9)7-15-5-3-2-4-6-15/h2-8H2,1H3. The van der Waals surface area contributed by atoms with Gasteiger partial charge in [0.15, 0.2) is 5.82 Å². The van der Waals surface area contributed by atoms with Gasteiger partial charge in [-0.1, -0.05) is 18.2 Å². The van der Waals surface area contributed by atoms with Gasteiger partial charge in [-0.3, -0.25) is 4.90 Å². The van der Waals surface area contributed by atoms with Gasteiger partial charge in [0.1, 0.15) is 0 Å². The van der Waals surface area contributed by atoms with E-state index in [0.717, 1.165) is 29.0 Å². The second-order valence-corrected chi connectivity index (χ2v) is 5.61. The van der Waals surface area contributed by atoms with Crippen molar-refractivity contribution < 1.29 is 0 Å². The lowest BCUT2D eigenvalue weighted by atomic mass is 10.1. The number of aromatic nitrogens is 3. The van der Waals surface area contributed by atoms with Crippen LogP contribution in [0.25, 0.3) is 0 Å². The van der Waals surface area contributed by atoms with Gasteiger partial charge in [-0.15, -0.1) is 10.2 Å². The summed E-state index contributed by atoms with van der Waals surface area (Å²) < 4.78 is 1.91. The molecule has 0 radical (unpaired) electrons. The molecule has 0 atom stereocenters. The van der Waals surface area contributed by atoms with Crippen LogP contribution in [0.1, 0.15) is 32.0 Å². The van der Waals surface area contributed by atoms with Crippen LogP contribution in [0.3, 0.4) is 0 Å². The SMILES string of the molecule is CC1=Nn2c(CN3CCCCC3)nnc2SC1. The lowest BCUT2D eigenvalue weighted by Gasteiger charge is -2.25. The summed E-state index contributed by atoms with van der Waals surface area (Å²) in [5.41, 5.74) is 1.14. The van der Waals surface area contributed by atoms with E-state index in [-0.39, 0.29) is 0 Å². The molecule has 0 N–H and O–H groups in total. The molecule has 0 spiro atoms. The fourth-order valence-electron chi connectivity index (χ4n) is 2.27. The molecule has 6 heteroatoms. The number of nitrogens with zero attached hydrogens (tertiary/aromatic N) is 5. The summed E-state index contributed by atoms with van der Waals surface area (Å²) in [5, 5.41) is 13.9. The molecule has 1 fully saturated rings. The van der Waals surface area contributed by atoms with E-state index in [9.17, 15) is 0 Å². The third kappa shape index (κ3) is 2.37. The summed E-state index contributed by atoms with van der Waals surface area (Å²) in [6.45, 7) is 5.29. The van der Waals surface area contributed by atoms with Gasteiger partial charge in [0.25, 0.3) is 0 Å². The molecule has 0 amide bonds.